The number of nitrogens with zero attached hydrogens (tertiary/aromatic N) is 2. The van der Waals surface area contributed by atoms with E-state index in [-0.39, 0.29) is 30.5 Å². The Labute approximate surface area is 228 Å². The minimum atomic E-state index is -1.06. The fourth-order valence-electron chi connectivity index (χ4n) is 4.50. The zero-order chi connectivity index (χ0) is 28.6. The number of carbonyl (C=O) groups is 3. The van der Waals surface area contributed by atoms with Gasteiger partial charge in [-0.25, -0.2) is 14.5 Å². The number of carbonyl (C=O) groups excluding carboxylic acids is 3. The summed E-state index contributed by atoms with van der Waals surface area (Å²) in [6.45, 7) is 8.45. The molecule has 0 N–H and O–H groups in total. The van der Waals surface area contributed by atoms with E-state index in [1.54, 1.807) is 63.1 Å². The van der Waals surface area contributed by atoms with Crippen LogP contribution < -0.4 is 9.47 Å². The lowest BCUT2D eigenvalue weighted by atomic mass is 9.89. The number of methoxy groups -OCH3 is 1. The summed E-state index contributed by atoms with van der Waals surface area (Å²) in [5.74, 6) is -0.154. The predicted octanol–water partition coefficient (Wildman–Crippen LogP) is 5.28. The van der Waals surface area contributed by atoms with Gasteiger partial charge in [-0.1, -0.05) is 12.1 Å². The second kappa shape index (κ2) is 13.3. The molecule has 1 fully saturated rings. The summed E-state index contributed by atoms with van der Waals surface area (Å²) in [4.78, 5) is 44.7. The third-order valence-corrected chi connectivity index (χ3v) is 6.35. The number of ether oxygens (including phenoxy) is 3. The number of benzene rings is 2. The van der Waals surface area contributed by atoms with Crippen LogP contribution in [0.25, 0.3) is 0 Å². The van der Waals surface area contributed by atoms with Gasteiger partial charge in [0.1, 0.15) is 23.6 Å². The number of amides is 2. The maximum atomic E-state index is 13.5. The first-order chi connectivity index (χ1) is 18.5. The van der Waals surface area contributed by atoms with Gasteiger partial charge in [0.2, 0.25) is 5.91 Å². The van der Waals surface area contributed by atoms with E-state index in [4.69, 9.17) is 14.2 Å². The molecule has 0 bridgehead atoms. The van der Waals surface area contributed by atoms with E-state index in [1.807, 2.05) is 13.0 Å². The van der Waals surface area contributed by atoms with E-state index in [0.717, 1.165) is 18.4 Å². The van der Waals surface area contributed by atoms with Gasteiger partial charge in [-0.15, -0.1) is 0 Å². The van der Waals surface area contributed by atoms with Gasteiger partial charge in [-0.3, -0.25) is 9.69 Å². The van der Waals surface area contributed by atoms with Crippen molar-refractivity contribution >= 4 is 18.0 Å². The summed E-state index contributed by atoms with van der Waals surface area (Å²) in [6, 6.07) is 11.9. The first-order valence-corrected chi connectivity index (χ1v) is 13.0. The average Bonchev–Trinajstić information content (AvgIpc) is 2.92. The molecule has 10 heteroatoms. The van der Waals surface area contributed by atoms with Crippen LogP contribution in [0.1, 0.15) is 67.9 Å². The molecular weight excluding hydrogens is 507 g/mol. The fraction of sp³-hybridized carbons (Fsp3) is 0.483. The summed E-state index contributed by atoms with van der Waals surface area (Å²) in [7, 11) is 1.56. The monoisotopic (exact) mass is 544 g/mol. The minimum Gasteiger partial charge on any atom is -0.497 e. The van der Waals surface area contributed by atoms with Crippen molar-refractivity contribution < 1.29 is 38.1 Å². The molecule has 9 nitrogen and oxygen atoms in total. The van der Waals surface area contributed by atoms with Gasteiger partial charge >= 0.3 is 12.1 Å². The standard InChI is InChI=1S/C29H37FN2O7/c1-6-37-25-16-24(36-5)13-12-23(25)18-32(28(35)38-29(2,3)4)19-26(33)31-14-8-11-22(17-31)20-9-7-10-21(15-20)27(34)39-30/h7,9-10,12-13,15-16,22H,6,8,11,14,17-19H2,1-5H3. The third-order valence-electron chi connectivity index (χ3n) is 6.35. The molecule has 0 saturated carbocycles. The molecule has 1 aliphatic heterocycles. The molecule has 1 unspecified atom stereocenters. The SMILES string of the molecule is CCOc1cc(OC)ccc1CN(CC(=O)N1CCCC(c2cccc(C(=O)OF)c2)C1)C(=O)OC(C)(C)C. The molecule has 39 heavy (non-hydrogen) atoms. The van der Waals surface area contributed by atoms with Gasteiger partial charge in [0, 0.05) is 35.2 Å². The highest BCUT2D eigenvalue weighted by Crippen LogP contribution is 2.29. The molecule has 0 aromatic heterocycles. The molecule has 0 aliphatic carbocycles. The Hall–Kier alpha value is -3.82. The topological polar surface area (TPSA) is 94.6 Å². The fourth-order valence-corrected chi connectivity index (χ4v) is 4.50. The van der Waals surface area contributed by atoms with Crippen molar-refractivity contribution in [1.82, 2.24) is 9.80 Å². The van der Waals surface area contributed by atoms with E-state index in [2.05, 4.69) is 4.94 Å². The number of rotatable bonds is 9. The zero-order valence-electron chi connectivity index (χ0n) is 23.2. The van der Waals surface area contributed by atoms with Crippen LogP contribution >= 0.6 is 0 Å². The van der Waals surface area contributed by atoms with Crippen LogP contribution in [-0.2, 0) is 21.0 Å². The summed E-state index contributed by atoms with van der Waals surface area (Å²) < 4.78 is 29.1. The molecular formula is C29H37FN2O7. The maximum absolute atomic E-state index is 13.5. The highest BCUT2D eigenvalue weighted by Gasteiger charge is 2.30. The van der Waals surface area contributed by atoms with Crippen LogP contribution in [0, 0.1) is 0 Å². The summed E-state index contributed by atoms with van der Waals surface area (Å²) >= 11 is 0. The van der Waals surface area contributed by atoms with E-state index in [0.29, 0.717) is 36.8 Å². The second-order valence-corrected chi connectivity index (χ2v) is 10.4. The van der Waals surface area contributed by atoms with Crippen molar-refractivity contribution in [2.75, 3.05) is 33.4 Å². The molecule has 212 valence electrons. The predicted molar refractivity (Wildman–Crippen MR) is 142 cm³/mol. The molecule has 1 heterocycles. The van der Waals surface area contributed by atoms with Crippen LogP contribution in [0.15, 0.2) is 42.5 Å². The molecule has 0 spiro atoms. The molecule has 2 aromatic carbocycles. The second-order valence-electron chi connectivity index (χ2n) is 10.4. The molecule has 2 aromatic rings. The number of hydrogen-bond acceptors (Lipinski definition) is 7. The Kier molecular flexibility index (Phi) is 10.1. The van der Waals surface area contributed by atoms with E-state index < -0.39 is 17.7 Å². The summed E-state index contributed by atoms with van der Waals surface area (Å²) in [6.07, 6.45) is 0.935. The molecule has 0 radical (unpaired) electrons. The number of piperidine rings is 1. The lowest BCUT2D eigenvalue weighted by Crippen LogP contribution is -2.47. The Morgan fingerprint density at radius 3 is 2.56 bits per heavy atom. The summed E-state index contributed by atoms with van der Waals surface area (Å²) in [5, 5.41) is 0. The molecule has 1 atom stereocenters. The lowest BCUT2D eigenvalue weighted by Gasteiger charge is -2.35. The smallest absolute Gasteiger partial charge is 0.411 e. The van der Waals surface area contributed by atoms with Crippen LogP contribution in [-0.4, -0.2) is 66.7 Å². The first-order valence-electron chi connectivity index (χ1n) is 13.0. The average molecular weight is 545 g/mol. The molecule has 1 saturated heterocycles. The van der Waals surface area contributed by atoms with Gasteiger partial charge in [-0.2, -0.15) is 0 Å². The molecule has 3 rings (SSSR count). The van der Waals surface area contributed by atoms with Gasteiger partial charge < -0.3 is 19.1 Å². The van der Waals surface area contributed by atoms with Crippen LogP contribution in [0.3, 0.4) is 0 Å². The quantitative estimate of drug-likeness (QED) is 0.424. The van der Waals surface area contributed by atoms with E-state index in [9.17, 15) is 18.9 Å². The minimum absolute atomic E-state index is 0.0452. The van der Waals surface area contributed by atoms with E-state index in [1.165, 1.54) is 11.0 Å². The van der Waals surface area contributed by atoms with Gasteiger partial charge in [-0.05, 0) is 70.4 Å². The molecule has 2 amide bonds. The van der Waals surface area contributed by atoms with Gasteiger partial charge in [0.05, 0.1) is 25.8 Å². The number of halogens is 1. The highest BCUT2D eigenvalue weighted by atomic mass is 19.3. The Bertz CT molecular complexity index is 1160. The van der Waals surface area contributed by atoms with Crippen molar-refractivity contribution in [2.45, 2.75) is 58.6 Å². The van der Waals surface area contributed by atoms with Crippen molar-refractivity contribution in [3.63, 3.8) is 0 Å². The van der Waals surface area contributed by atoms with Crippen molar-refractivity contribution in [3.05, 3.63) is 59.2 Å². The largest absolute Gasteiger partial charge is 0.497 e. The Balaban J connectivity index is 1.79. The Morgan fingerprint density at radius 1 is 1.13 bits per heavy atom. The van der Waals surface area contributed by atoms with Crippen molar-refractivity contribution in [3.8, 4) is 11.5 Å². The van der Waals surface area contributed by atoms with Crippen LogP contribution in [0.2, 0.25) is 0 Å². The molecule has 1 aliphatic rings. The maximum Gasteiger partial charge on any atom is 0.411 e. The van der Waals surface area contributed by atoms with Crippen LogP contribution in [0.4, 0.5) is 9.32 Å². The normalized spacial score (nSPS) is 15.3. The number of hydrogen-bond donors (Lipinski definition) is 0. The van der Waals surface area contributed by atoms with Crippen molar-refractivity contribution in [2.24, 2.45) is 0 Å². The first kappa shape index (κ1) is 29.7. The Morgan fingerprint density at radius 2 is 1.90 bits per heavy atom. The van der Waals surface area contributed by atoms with E-state index >= 15 is 0 Å². The summed E-state index contributed by atoms with van der Waals surface area (Å²) in [5.41, 5.74) is 0.894. The third kappa shape index (κ3) is 8.33. The zero-order valence-corrected chi connectivity index (χ0v) is 23.2. The van der Waals surface area contributed by atoms with Gasteiger partial charge in [0.25, 0.3) is 0 Å². The number of likely N-dealkylation sites (tertiary alicyclic amines) is 1. The van der Waals surface area contributed by atoms with Gasteiger partial charge in [0.15, 0.2) is 0 Å². The highest BCUT2D eigenvalue weighted by molar-refractivity contribution is 5.89. The van der Waals surface area contributed by atoms with Crippen LogP contribution in [0.5, 0.6) is 11.5 Å². The van der Waals surface area contributed by atoms with Crippen molar-refractivity contribution in [1.29, 1.82) is 0 Å². The lowest BCUT2D eigenvalue weighted by molar-refractivity contribution is -0.133.